The quantitative estimate of drug-likeness (QED) is 0.111. The lowest BCUT2D eigenvalue weighted by Crippen LogP contribution is -2.52. The number of nitrogen functional groups attached to an aromatic ring is 1. The van der Waals surface area contributed by atoms with Gasteiger partial charge >= 0.3 is 6.09 Å². The number of primary amides is 1. The van der Waals surface area contributed by atoms with Gasteiger partial charge in [0.25, 0.3) is 5.91 Å². The van der Waals surface area contributed by atoms with Crippen LogP contribution >= 0.6 is 0 Å². The maximum Gasteiger partial charge on any atom is 0.405 e. The van der Waals surface area contributed by atoms with Crippen molar-refractivity contribution in [1.82, 2.24) is 39.9 Å². The summed E-state index contributed by atoms with van der Waals surface area (Å²) in [7, 11) is 1.86. The van der Waals surface area contributed by atoms with Crippen LogP contribution in [0, 0.1) is 37.0 Å². The van der Waals surface area contributed by atoms with Crippen molar-refractivity contribution in [2.45, 2.75) is 109 Å². The Morgan fingerprint density at radius 1 is 1.04 bits per heavy atom. The van der Waals surface area contributed by atoms with Crippen molar-refractivity contribution in [3.8, 4) is 5.75 Å². The molecule has 55 heavy (non-hydrogen) atoms. The van der Waals surface area contributed by atoms with E-state index in [1.54, 1.807) is 35.4 Å². The van der Waals surface area contributed by atoms with Gasteiger partial charge in [-0.3, -0.25) is 9.59 Å². The number of aryl methyl sites for hydroxylation is 4. The van der Waals surface area contributed by atoms with Gasteiger partial charge in [0.05, 0.1) is 12.0 Å². The van der Waals surface area contributed by atoms with Crippen LogP contribution in [0.4, 0.5) is 10.7 Å². The first kappa shape index (κ1) is 37.9. The van der Waals surface area contributed by atoms with Crippen LogP contribution in [0.25, 0.3) is 0 Å². The minimum atomic E-state index is -1.29. The number of nitrogens with one attached hydrogen (secondary N) is 2. The second-order valence-corrected chi connectivity index (χ2v) is 16.3. The third kappa shape index (κ3) is 8.94. The van der Waals surface area contributed by atoms with Crippen LogP contribution in [0.2, 0.25) is 0 Å². The summed E-state index contributed by atoms with van der Waals surface area (Å²) in [6.45, 7) is 4.07. The summed E-state index contributed by atoms with van der Waals surface area (Å²) in [5.74, 6) is 2.44. The molecule has 7 N–H and O–H groups in total. The number of rotatable bonds is 16. The first-order chi connectivity index (χ1) is 26.3. The average Bonchev–Trinajstić information content (AvgIpc) is 3.85. The Kier molecular flexibility index (Phi) is 10.8. The Labute approximate surface area is 319 Å². The summed E-state index contributed by atoms with van der Waals surface area (Å²) in [5, 5.41) is 20.6. The molecule has 0 aliphatic heterocycles. The van der Waals surface area contributed by atoms with Crippen LogP contribution in [-0.4, -0.2) is 64.4 Å². The summed E-state index contributed by atoms with van der Waals surface area (Å²) in [6, 6.07) is 1.30. The zero-order valence-electron chi connectivity index (χ0n) is 31.7. The Balaban J connectivity index is 1.12. The van der Waals surface area contributed by atoms with Gasteiger partial charge in [-0.05, 0) is 117 Å². The molecule has 0 spiro atoms. The van der Waals surface area contributed by atoms with Crippen molar-refractivity contribution in [3.05, 3.63) is 71.1 Å². The van der Waals surface area contributed by atoms with Gasteiger partial charge < -0.3 is 45.6 Å². The lowest BCUT2D eigenvalue weighted by molar-refractivity contribution is -0.134. The number of carbonyl (C=O) groups excluding carboxylic acids is 3. The van der Waals surface area contributed by atoms with Crippen molar-refractivity contribution in [2.75, 3.05) is 5.73 Å². The lowest BCUT2D eigenvalue weighted by atomic mass is 9.49. The van der Waals surface area contributed by atoms with Crippen LogP contribution in [0.15, 0.2) is 41.6 Å². The van der Waals surface area contributed by atoms with E-state index in [-0.39, 0.29) is 36.3 Å². The van der Waals surface area contributed by atoms with Gasteiger partial charge in [-0.25, -0.2) is 14.8 Å². The molecule has 4 fully saturated rings. The monoisotopic (exact) mass is 756 g/mol. The normalized spacial score (nSPS) is 22.9. The number of nitrogens with zero attached hydrogens (tertiary/aromatic N) is 6. The molecule has 4 aliphatic carbocycles. The van der Waals surface area contributed by atoms with E-state index in [2.05, 4.69) is 25.8 Å². The average molecular weight is 757 g/mol. The molecular weight excluding hydrogens is 704 g/mol. The third-order valence-electron chi connectivity index (χ3n) is 11.9. The van der Waals surface area contributed by atoms with Crippen molar-refractivity contribution in [1.29, 1.82) is 0 Å². The van der Waals surface area contributed by atoms with Crippen LogP contribution in [0.1, 0.15) is 91.5 Å². The number of benzene rings is 1. The van der Waals surface area contributed by atoms with Crippen LogP contribution in [0.5, 0.6) is 5.75 Å². The highest BCUT2D eigenvalue weighted by Gasteiger charge is 2.51. The SMILES string of the molecule is Cc1cc(O)cc(C)c1C[C@H](NC(=O)[C@@H](CCCn1ccnc1N)OC(N)=O)C(=O)N[C@@H](Cc1cn(C)cn1)c1nc(CC23CC4CC(CC(C4)C2)C3)no1. The Bertz CT molecular complexity index is 1960. The predicted octanol–water partition coefficient (Wildman–Crippen LogP) is 3.73. The Morgan fingerprint density at radius 3 is 2.33 bits per heavy atom. The van der Waals surface area contributed by atoms with Gasteiger partial charge in [-0.1, -0.05) is 5.16 Å². The number of hydrogen-bond acceptors (Lipinski definition) is 11. The number of imidazole rings is 2. The maximum atomic E-state index is 14.5. The third-order valence-corrected chi connectivity index (χ3v) is 11.9. The van der Waals surface area contributed by atoms with Crippen LogP contribution in [0.3, 0.4) is 0 Å². The number of amides is 3. The van der Waals surface area contributed by atoms with E-state index >= 15 is 0 Å². The first-order valence-corrected chi connectivity index (χ1v) is 19.2. The summed E-state index contributed by atoms with van der Waals surface area (Å²) in [4.78, 5) is 53.6. The largest absolute Gasteiger partial charge is 0.508 e. The molecule has 4 aliphatic rings. The molecule has 16 heteroatoms. The standard InChI is InChI=1S/C39H52N10O6/c1-22-9-28(50)10-23(2)29(22)15-30(44-35(52)32(54-38(41)53)5-4-7-49-8-6-42-37(49)40)34(51)45-31(14-27-20-48(3)21-43-27)36-46-33(47-55-36)19-39-16-24-11-25(17-39)13-26(12-24)18-39/h6,8-10,20-21,24-26,30-32,50H,4-5,7,11-19H2,1-3H3,(H2,40,42)(H2,41,53)(H,44,52)(H,45,51)/t24?,25?,26?,30-,31-,32+,39?/m0/s1. The zero-order chi connectivity index (χ0) is 38.9. The molecule has 0 unspecified atom stereocenters. The molecule has 294 valence electrons. The van der Waals surface area contributed by atoms with E-state index in [0.717, 1.165) is 40.9 Å². The van der Waals surface area contributed by atoms with E-state index in [4.69, 9.17) is 25.7 Å². The molecule has 3 atom stereocenters. The van der Waals surface area contributed by atoms with Gasteiger partial charge in [-0.15, -0.1) is 0 Å². The van der Waals surface area contributed by atoms with Crippen molar-refractivity contribution >= 4 is 23.9 Å². The highest BCUT2D eigenvalue weighted by molar-refractivity contribution is 5.90. The summed E-state index contributed by atoms with van der Waals surface area (Å²) >= 11 is 0. The fourth-order valence-electron chi connectivity index (χ4n) is 9.91. The number of aromatic nitrogens is 6. The summed E-state index contributed by atoms with van der Waals surface area (Å²) < 4.78 is 14.7. The number of nitrogens with two attached hydrogens (primary N) is 2. The molecule has 4 bridgehead atoms. The van der Waals surface area contributed by atoms with E-state index in [1.165, 1.54) is 38.5 Å². The van der Waals surface area contributed by atoms with E-state index < -0.39 is 36.1 Å². The molecule has 3 amide bonds. The highest BCUT2D eigenvalue weighted by atomic mass is 16.6. The topological polar surface area (TPSA) is 231 Å². The molecule has 4 aromatic rings. The number of ether oxygens (including phenoxy) is 1. The Hall–Kier alpha value is -5.41. The second-order valence-electron chi connectivity index (χ2n) is 16.3. The number of phenols is 1. The van der Waals surface area contributed by atoms with Crippen molar-refractivity contribution in [2.24, 2.45) is 36.0 Å². The number of carbonyl (C=O) groups is 3. The molecule has 0 saturated heterocycles. The molecule has 3 heterocycles. The highest BCUT2D eigenvalue weighted by Crippen LogP contribution is 2.60. The molecule has 1 aromatic carbocycles. The minimum absolute atomic E-state index is 0.0712. The lowest BCUT2D eigenvalue weighted by Gasteiger charge is -2.56. The number of phenolic OH excluding ortho intramolecular Hbond substituents is 1. The van der Waals surface area contributed by atoms with Crippen molar-refractivity contribution < 1.29 is 28.8 Å². The fraction of sp³-hybridized carbons (Fsp3) is 0.564. The number of aromatic hydroxyl groups is 1. The van der Waals surface area contributed by atoms with Gasteiger partial charge in [0.15, 0.2) is 17.9 Å². The van der Waals surface area contributed by atoms with Gasteiger partial charge in [0.1, 0.15) is 17.8 Å². The molecule has 4 saturated carbocycles. The molecule has 0 radical (unpaired) electrons. The zero-order valence-corrected chi connectivity index (χ0v) is 31.7. The summed E-state index contributed by atoms with van der Waals surface area (Å²) in [6.07, 6.45) is 13.6. The van der Waals surface area contributed by atoms with Gasteiger partial charge in [0, 0.05) is 51.4 Å². The van der Waals surface area contributed by atoms with Gasteiger partial charge in [0.2, 0.25) is 11.8 Å². The number of hydrogen-bond donors (Lipinski definition) is 5. The van der Waals surface area contributed by atoms with Crippen molar-refractivity contribution in [3.63, 3.8) is 0 Å². The molecular formula is C39H52N10O6. The van der Waals surface area contributed by atoms with Crippen LogP contribution in [-0.2, 0) is 47.2 Å². The molecule has 16 nitrogen and oxygen atoms in total. The first-order valence-electron chi connectivity index (χ1n) is 19.2. The molecule has 8 rings (SSSR count). The summed E-state index contributed by atoms with van der Waals surface area (Å²) in [5.41, 5.74) is 14.4. The van der Waals surface area contributed by atoms with Gasteiger partial charge in [-0.2, -0.15) is 4.98 Å². The Morgan fingerprint density at radius 2 is 1.73 bits per heavy atom. The fourth-order valence-corrected chi connectivity index (χ4v) is 9.91. The molecule has 3 aromatic heterocycles. The van der Waals surface area contributed by atoms with E-state index in [1.807, 2.05) is 31.7 Å². The second kappa shape index (κ2) is 15.7. The smallest absolute Gasteiger partial charge is 0.405 e. The van der Waals surface area contributed by atoms with Crippen LogP contribution < -0.4 is 22.1 Å². The van der Waals surface area contributed by atoms with E-state index in [9.17, 15) is 19.5 Å². The van der Waals surface area contributed by atoms with E-state index in [0.29, 0.717) is 30.4 Å². The minimum Gasteiger partial charge on any atom is -0.508 e. The predicted molar refractivity (Wildman–Crippen MR) is 200 cm³/mol. The maximum absolute atomic E-state index is 14.5. The number of anilines is 1.